The van der Waals surface area contributed by atoms with E-state index in [4.69, 9.17) is 0 Å². The third-order valence-corrected chi connectivity index (χ3v) is 8.15. The van der Waals surface area contributed by atoms with Crippen molar-refractivity contribution in [2.24, 2.45) is 0 Å². The maximum atomic E-state index is 13.3. The maximum Gasteiger partial charge on any atom is 0.243 e. The second-order valence-electron chi connectivity index (χ2n) is 6.07. The quantitative estimate of drug-likeness (QED) is 0.643. The summed E-state index contributed by atoms with van der Waals surface area (Å²) in [5.74, 6) is -2.08. The van der Waals surface area contributed by atoms with Crippen LogP contribution in [-0.4, -0.2) is 45.6 Å². The second-order valence-corrected chi connectivity index (χ2v) is 10.1. The molecule has 2 aromatic rings. The number of nitrogens with zero attached hydrogens (tertiary/aromatic N) is 2. The first-order chi connectivity index (χ1) is 13.0. The molecule has 0 N–H and O–H groups in total. The molecule has 154 valence electrons. The number of halogens is 2. The Morgan fingerprint density at radius 2 is 1.29 bits per heavy atom. The topological polar surface area (TPSA) is 74.8 Å². The molecule has 0 aliphatic heterocycles. The third-order valence-electron chi connectivity index (χ3n) is 4.26. The molecule has 28 heavy (non-hydrogen) atoms. The molecule has 0 heterocycles. The average molecular weight is 433 g/mol. The minimum Gasteiger partial charge on any atom is -0.207 e. The summed E-state index contributed by atoms with van der Waals surface area (Å²) in [5.41, 5.74) is 0.283. The van der Waals surface area contributed by atoms with Gasteiger partial charge in [-0.05, 0) is 42.0 Å². The highest BCUT2D eigenvalue weighted by molar-refractivity contribution is 7.89. The summed E-state index contributed by atoms with van der Waals surface area (Å²) < 4.78 is 79.0. The van der Waals surface area contributed by atoms with E-state index in [1.165, 1.54) is 41.7 Å². The number of hydrogen-bond acceptors (Lipinski definition) is 4. The van der Waals surface area contributed by atoms with Crippen LogP contribution in [0.5, 0.6) is 0 Å². The molecule has 6 nitrogen and oxygen atoms in total. The predicted molar refractivity (Wildman–Crippen MR) is 102 cm³/mol. The summed E-state index contributed by atoms with van der Waals surface area (Å²) in [5, 5.41) is 0. The Labute approximate surface area is 164 Å². The van der Waals surface area contributed by atoms with E-state index in [2.05, 4.69) is 0 Å². The van der Waals surface area contributed by atoms with E-state index in [-0.39, 0.29) is 21.9 Å². The Morgan fingerprint density at radius 1 is 0.786 bits per heavy atom. The van der Waals surface area contributed by atoms with Gasteiger partial charge in [-0.2, -0.15) is 8.61 Å². The van der Waals surface area contributed by atoms with E-state index in [1.54, 1.807) is 13.8 Å². The van der Waals surface area contributed by atoms with Crippen LogP contribution >= 0.6 is 0 Å². The highest BCUT2D eigenvalue weighted by Gasteiger charge is 2.25. The second kappa shape index (κ2) is 8.64. The van der Waals surface area contributed by atoms with Crippen LogP contribution in [0.3, 0.4) is 0 Å². The fraction of sp³-hybridized carbons (Fsp3) is 0.333. The van der Waals surface area contributed by atoms with E-state index in [9.17, 15) is 25.6 Å². The molecule has 2 aromatic carbocycles. The van der Waals surface area contributed by atoms with Crippen LogP contribution in [0.4, 0.5) is 8.78 Å². The normalized spacial score (nSPS) is 12.7. The molecule has 0 radical (unpaired) electrons. The third kappa shape index (κ3) is 4.57. The summed E-state index contributed by atoms with van der Waals surface area (Å²) in [6.07, 6.45) is 0. The highest BCUT2D eigenvalue weighted by Crippen LogP contribution is 2.21. The summed E-state index contributed by atoms with van der Waals surface area (Å²) in [6, 6.07) is 8.07. The molecule has 0 aromatic heterocycles. The van der Waals surface area contributed by atoms with E-state index < -0.39 is 31.7 Å². The molecule has 0 fully saturated rings. The lowest BCUT2D eigenvalue weighted by molar-refractivity contribution is 0.445. The van der Waals surface area contributed by atoms with E-state index in [0.717, 1.165) is 16.4 Å². The van der Waals surface area contributed by atoms with Crippen molar-refractivity contribution in [2.75, 3.05) is 20.1 Å². The van der Waals surface area contributed by atoms with Crippen molar-refractivity contribution in [2.45, 2.75) is 30.2 Å². The van der Waals surface area contributed by atoms with Crippen molar-refractivity contribution in [3.63, 3.8) is 0 Å². The number of sulfonamides is 2. The molecule has 0 aliphatic carbocycles. The van der Waals surface area contributed by atoms with E-state index in [0.29, 0.717) is 13.1 Å². The molecule has 0 aliphatic rings. The van der Waals surface area contributed by atoms with Crippen LogP contribution in [0.2, 0.25) is 0 Å². The zero-order valence-corrected chi connectivity index (χ0v) is 17.4. The standard InChI is InChI=1S/C18H22F2N2O4S2/c1-4-22(5-2)28(25,26)16-9-7-15(8-10-16)27(23,24)21(3)13-14-6-11-17(19)18(20)12-14/h6-12H,4-5,13H2,1-3H3. The van der Waals surface area contributed by atoms with Gasteiger partial charge in [0.25, 0.3) is 0 Å². The molecule has 0 bridgehead atoms. The zero-order valence-electron chi connectivity index (χ0n) is 15.8. The highest BCUT2D eigenvalue weighted by atomic mass is 32.2. The minimum atomic E-state index is -3.95. The summed E-state index contributed by atoms with van der Waals surface area (Å²) >= 11 is 0. The molecule has 0 saturated carbocycles. The number of rotatable bonds is 8. The van der Waals surface area contributed by atoms with Crippen molar-refractivity contribution in [1.29, 1.82) is 0 Å². The Balaban J connectivity index is 2.27. The minimum absolute atomic E-state index is 0.00147. The molecule has 0 unspecified atom stereocenters. The molecule has 2 rings (SSSR count). The maximum absolute atomic E-state index is 13.3. The molecule has 0 atom stereocenters. The lowest BCUT2D eigenvalue weighted by atomic mass is 10.2. The summed E-state index contributed by atoms with van der Waals surface area (Å²) in [7, 11) is -6.34. The fourth-order valence-electron chi connectivity index (χ4n) is 2.66. The Hall–Kier alpha value is -1.88. The first kappa shape index (κ1) is 22.4. The van der Waals surface area contributed by atoms with Crippen molar-refractivity contribution >= 4 is 20.0 Å². The summed E-state index contributed by atoms with van der Waals surface area (Å²) in [6.45, 7) is 3.87. The van der Waals surface area contributed by atoms with E-state index >= 15 is 0 Å². The number of benzene rings is 2. The summed E-state index contributed by atoms with van der Waals surface area (Å²) in [4.78, 5) is -0.102. The van der Waals surface area contributed by atoms with Gasteiger partial charge in [-0.25, -0.2) is 25.6 Å². The van der Waals surface area contributed by atoms with Gasteiger partial charge < -0.3 is 0 Å². The average Bonchev–Trinajstić information content (AvgIpc) is 2.65. The molecular formula is C18H22F2N2O4S2. The molecule has 0 amide bonds. The van der Waals surface area contributed by atoms with Crippen molar-refractivity contribution in [3.05, 3.63) is 59.7 Å². The van der Waals surface area contributed by atoms with Crippen molar-refractivity contribution in [3.8, 4) is 0 Å². The van der Waals surface area contributed by atoms with Crippen LogP contribution in [0.1, 0.15) is 19.4 Å². The van der Waals surface area contributed by atoms with Gasteiger partial charge in [0, 0.05) is 26.7 Å². The molecule has 10 heteroatoms. The Morgan fingerprint density at radius 3 is 1.75 bits per heavy atom. The number of hydrogen-bond donors (Lipinski definition) is 0. The van der Waals surface area contributed by atoms with Gasteiger partial charge >= 0.3 is 0 Å². The zero-order chi connectivity index (χ0) is 21.1. The monoisotopic (exact) mass is 432 g/mol. The molecular weight excluding hydrogens is 410 g/mol. The van der Waals surface area contributed by atoms with Crippen molar-refractivity contribution < 1.29 is 25.6 Å². The van der Waals surface area contributed by atoms with Gasteiger partial charge in [0.1, 0.15) is 0 Å². The fourth-order valence-corrected chi connectivity index (χ4v) is 5.27. The van der Waals surface area contributed by atoms with Gasteiger partial charge in [0.2, 0.25) is 20.0 Å². The first-order valence-electron chi connectivity index (χ1n) is 8.54. The van der Waals surface area contributed by atoms with E-state index in [1.807, 2.05) is 0 Å². The van der Waals surface area contributed by atoms with Gasteiger partial charge in [-0.1, -0.05) is 19.9 Å². The molecule has 0 spiro atoms. The lowest BCUT2D eigenvalue weighted by Crippen LogP contribution is -2.30. The van der Waals surface area contributed by atoms with Crippen LogP contribution in [-0.2, 0) is 26.6 Å². The van der Waals surface area contributed by atoms with Gasteiger partial charge in [-0.15, -0.1) is 0 Å². The van der Waals surface area contributed by atoms with Gasteiger partial charge in [0.15, 0.2) is 11.6 Å². The SMILES string of the molecule is CCN(CC)S(=O)(=O)c1ccc(S(=O)(=O)N(C)Cc2ccc(F)c(F)c2)cc1. The van der Waals surface area contributed by atoms with Crippen LogP contribution in [0, 0.1) is 11.6 Å². The van der Waals surface area contributed by atoms with Crippen LogP contribution in [0.15, 0.2) is 52.3 Å². The predicted octanol–water partition coefficient (Wildman–Crippen LogP) is 2.82. The van der Waals surface area contributed by atoms with Gasteiger partial charge in [-0.3, -0.25) is 0 Å². The lowest BCUT2D eigenvalue weighted by Gasteiger charge is -2.20. The van der Waals surface area contributed by atoms with Crippen LogP contribution in [0.25, 0.3) is 0 Å². The Kier molecular flexibility index (Phi) is 6.92. The Bertz CT molecular complexity index is 1040. The van der Waals surface area contributed by atoms with Crippen LogP contribution < -0.4 is 0 Å². The van der Waals surface area contributed by atoms with Crippen molar-refractivity contribution in [1.82, 2.24) is 8.61 Å². The molecule has 0 saturated heterocycles. The largest absolute Gasteiger partial charge is 0.243 e. The smallest absolute Gasteiger partial charge is 0.207 e. The first-order valence-corrected chi connectivity index (χ1v) is 11.4. The van der Waals surface area contributed by atoms with Gasteiger partial charge in [0.05, 0.1) is 9.79 Å².